The minimum absolute atomic E-state index is 0.00648. The molecule has 1 aliphatic heterocycles. The van der Waals surface area contributed by atoms with E-state index >= 15 is 0 Å². The summed E-state index contributed by atoms with van der Waals surface area (Å²) in [6.45, 7) is 4.91. The topological polar surface area (TPSA) is 74.2 Å². The Morgan fingerprint density at radius 1 is 1.25 bits per heavy atom. The monoisotopic (exact) mass is 328 g/mol. The van der Waals surface area contributed by atoms with Crippen LogP contribution in [0.3, 0.4) is 0 Å². The molecule has 4 bridgehead atoms. The van der Waals surface area contributed by atoms with Crippen LogP contribution in [-0.2, 0) is 16.0 Å². The number of ether oxygens (including phenoxy) is 3. The predicted octanol–water partition coefficient (Wildman–Crippen LogP) is 2.24. The lowest BCUT2D eigenvalue weighted by Crippen LogP contribution is -2.21. The molecule has 1 N–H and O–H groups in total. The van der Waals surface area contributed by atoms with Gasteiger partial charge in [0, 0.05) is 17.1 Å². The van der Waals surface area contributed by atoms with Gasteiger partial charge in [0.2, 0.25) is 0 Å². The van der Waals surface area contributed by atoms with E-state index in [0.717, 1.165) is 27.9 Å². The zero-order chi connectivity index (χ0) is 16.4. The van der Waals surface area contributed by atoms with Gasteiger partial charge in [0.1, 0.15) is 18.1 Å². The molecule has 7 heteroatoms. The SMILES string of the molecule is C[C@H]1COc2ccc3[nH]nc(c3c2)-c2cnn(c2)CCOCCO1. The molecule has 0 saturated heterocycles. The van der Waals surface area contributed by atoms with E-state index in [2.05, 4.69) is 15.3 Å². The highest BCUT2D eigenvalue weighted by atomic mass is 16.5. The molecule has 0 unspecified atom stereocenters. The summed E-state index contributed by atoms with van der Waals surface area (Å²) in [5.74, 6) is 0.802. The van der Waals surface area contributed by atoms with Gasteiger partial charge in [-0.25, -0.2) is 0 Å². The highest BCUT2D eigenvalue weighted by molar-refractivity contribution is 5.93. The molecule has 0 saturated carbocycles. The highest BCUT2D eigenvalue weighted by Gasteiger charge is 2.12. The molecule has 0 radical (unpaired) electrons. The quantitative estimate of drug-likeness (QED) is 0.685. The van der Waals surface area contributed by atoms with E-state index in [9.17, 15) is 0 Å². The van der Waals surface area contributed by atoms with Crippen molar-refractivity contribution in [2.24, 2.45) is 0 Å². The van der Waals surface area contributed by atoms with Crippen molar-refractivity contribution >= 4 is 10.9 Å². The van der Waals surface area contributed by atoms with Gasteiger partial charge in [-0.15, -0.1) is 0 Å². The largest absolute Gasteiger partial charge is 0.491 e. The average molecular weight is 328 g/mol. The fraction of sp³-hybridized carbons (Fsp3) is 0.412. The minimum Gasteiger partial charge on any atom is -0.491 e. The molecule has 24 heavy (non-hydrogen) atoms. The first-order chi connectivity index (χ1) is 11.8. The first-order valence-corrected chi connectivity index (χ1v) is 8.13. The summed E-state index contributed by atoms with van der Waals surface area (Å²) < 4.78 is 19.0. The molecule has 0 fully saturated rings. The number of hydrogen-bond donors (Lipinski definition) is 1. The Labute approximate surface area is 139 Å². The van der Waals surface area contributed by atoms with Gasteiger partial charge in [-0.3, -0.25) is 9.78 Å². The van der Waals surface area contributed by atoms with Crippen LogP contribution in [0.25, 0.3) is 22.2 Å². The number of hydrogen-bond acceptors (Lipinski definition) is 5. The first-order valence-electron chi connectivity index (χ1n) is 8.13. The Bertz CT molecular complexity index is 826. The van der Waals surface area contributed by atoms with Gasteiger partial charge >= 0.3 is 0 Å². The molecule has 0 amide bonds. The maximum atomic E-state index is 5.86. The summed E-state index contributed by atoms with van der Waals surface area (Å²) in [7, 11) is 0. The zero-order valence-corrected chi connectivity index (χ0v) is 13.6. The summed E-state index contributed by atoms with van der Waals surface area (Å²) in [6, 6.07) is 5.92. The van der Waals surface area contributed by atoms with Gasteiger partial charge in [0.25, 0.3) is 0 Å². The lowest BCUT2D eigenvalue weighted by atomic mass is 10.1. The van der Waals surface area contributed by atoms with E-state index in [0.29, 0.717) is 33.0 Å². The Morgan fingerprint density at radius 2 is 2.21 bits per heavy atom. The van der Waals surface area contributed by atoms with Gasteiger partial charge in [-0.05, 0) is 25.1 Å². The second-order valence-electron chi connectivity index (χ2n) is 5.88. The van der Waals surface area contributed by atoms with Crippen molar-refractivity contribution < 1.29 is 14.2 Å². The van der Waals surface area contributed by atoms with E-state index in [4.69, 9.17) is 14.2 Å². The van der Waals surface area contributed by atoms with Crippen molar-refractivity contribution in [2.75, 3.05) is 26.4 Å². The van der Waals surface area contributed by atoms with Crippen LogP contribution >= 0.6 is 0 Å². The second kappa shape index (κ2) is 6.62. The molecule has 1 atom stereocenters. The minimum atomic E-state index is 0.00648. The molecule has 4 rings (SSSR count). The maximum Gasteiger partial charge on any atom is 0.120 e. The third-order valence-corrected chi connectivity index (χ3v) is 4.02. The van der Waals surface area contributed by atoms with Crippen molar-refractivity contribution in [3.8, 4) is 17.0 Å². The lowest BCUT2D eigenvalue weighted by molar-refractivity contribution is -0.00730. The van der Waals surface area contributed by atoms with Crippen molar-refractivity contribution in [3.05, 3.63) is 30.6 Å². The van der Waals surface area contributed by atoms with Crippen LogP contribution in [0.2, 0.25) is 0 Å². The van der Waals surface area contributed by atoms with Gasteiger partial charge in [0.15, 0.2) is 0 Å². The normalized spacial score (nSPS) is 19.5. The van der Waals surface area contributed by atoms with Crippen LogP contribution in [0.4, 0.5) is 0 Å². The van der Waals surface area contributed by atoms with Crippen molar-refractivity contribution in [1.29, 1.82) is 0 Å². The van der Waals surface area contributed by atoms with Crippen LogP contribution < -0.4 is 4.74 Å². The summed E-state index contributed by atoms with van der Waals surface area (Å²) in [4.78, 5) is 0. The third kappa shape index (κ3) is 3.13. The molecule has 3 heterocycles. The van der Waals surface area contributed by atoms with E-state index in [1.54, 1.807) is 0 Å². The van der Waals surface area contributed by atoms with Crippen LogP contribution in [0.1, 0.15) is 6.92 Å². The van der Waals surface area contributed by atoms with Crippen LogP contribution in [-0.4, -0.2) is 52.5 Å². The van der Waals surface area contributed by atoms with Gasteiger partial charge in [-0.2, -0.15) is 10.2 Å². The predicted molar refractivity (Wildman–Crippen MR) is 89.0 cm³/mol. The Morgan fingerprint density at radius 3 is 3.17 bits per heavy atom. The second-order valence-corrected chi connectivity index (χ2v) is 5.88. The fourth-order valence-electron chi connectivity index (χ4n) is 2.74. The Balaban J connectivity index is 1.69. The summed E-state index contributed by atoms with van der Waals surface area (Å²) in [6.07, 6.45) is 3.82. The Kier molecular flexibility index (Phi) is 4.18. The molecule has 0 aliphatic carbocycles. The van der Waals surface area contributed by atoms with Crippen LogP contribution in [0.15, 0.2) is 30.6 Å². The number of H-pyrrole nitrogens is 1. The van der Waals surface area contributed by atoms with Gasteiger partial charge in [0.05, 0.1) is 44.2 Å². The molecule has 126 valence electrons. The van der Waals surface area contributed by atoms with Crippen LogP contribution in [0, 0.1) is 0 Å². The number of aromatic nitrogens is 4. The number of aromatic amines is 1. The first kappa shape index (κ1) is 15.2. The van der Waals surface area contributed by atoms with Crippen molar-refractivity contribution in [3.63, 3.8) is 0 Å². The van der Waals surface area contributed by atoms with Crippen LogP contribution in [0.5, 0.6) is 5.75 Å². The summed E-state index contributed by atoms with van der Waals surface area (Å²) >= 11 is 0. The standard InChI is InChI=1S/C17H20N4O3/c1-12-11-24-14-2-3-16-15(8-14)17(20-19-16)13-9-18-21(10-13)4-5-22-6-7-23-12/h2-3,8-10,12H,4-7,11H2,1H3,(H,19,20)/t12-/m0/s1. The lowest BCUT2D eigenvalue weighted by Gasteiger charge is -2.14. The van der Waals surface area contributed by atoms with Crippen molar-refractivity contribution in [2.45, 2.75) is 19.6 Å². The number of nitrogens with one attached hydrogen (secondary N) is 1. The molecule has 1 aromatic carbocycles. The number of fused-ring (bicyclic) bond motifs is 4. The average Bonchev–Trinajstić information content (AvgIpc) is 3.21. The number of rotatable bonds is 0. The molecular weight excluding hydrogens is 308 g/mol. The van der Waals surface area contributed by atoms with E-state index in [-0.39, 0.29) is 6.10 Å². The molecular formula is C17H20N4O3. The molecule has 2 aromatic heterocycles. The summed E-state index contributed by atoms with van der Waals surface area (Å²) in [5, 5.41) is 12.9. The number of nitrogens with zero attached hydrogens (tertiary/aromatic N) is 3. The van der Waals surface area contributed by atoms with E-state index < -0.39 is 0 Å². The maximum absolute atomic E-state index is 5.86. The molecule has 1 aliphatic rings. The molecule has 0 spiro atoms. The molecule has 7 nitrogen and oxygen atoms in total. The summed E-state index contributed by atoms with van der Waals surface area (Å²) in [5.41, 5.74) is 2.82. The number of benzene rings is 1. The zero-order valence-electron chi connectivity index (χ0n) is 13.6. The fourth-order valence-corrected chi connectivity index (χ4v) is 2.74. The smallest absolute Gasteiger partial charge is 0.120 e. The van der Waals surface area contributed by atoms with Gasteiger partial charge < -0.3 is 14.2 Å². The van der Waals surface area contributed by atoms with Crippen molar-refractivity contribution in [1.82, 2.24) is 20.0 Å². The highest BCUT2D eigenvalue weighted by Crippen LogP contribution is 2.29. The Hall–Kier alpha value is -2.38. The van der Waals surface area contributed by atoms with Gasteiger partial charge in [-0.1, -0.05) is 0 Å². The van der Waals surface area contributed by atoms with E-state index in [1.165, 1.54) is 0 Å². The molecule has 3 aromatic rings. The van der Waals surface area contributed by atoms with E-state index in [1.807, 2.05) is 42.2 Å². The third-order valence-electron chi connectivity index (χ3n) is 4.02.